The first-order valence-corrected chi connectivity index (χ1v) is 7.04. The second kappa shape index (κ2) is 5.12. The predicted octanol–water partition coefficient (Wildman–Crippen LogP) is 1.91. The Balaban J connectivity index is 1.70. The lowest BCUT2D eigenvalue weighted by molar-refractivity contribution is -0.122. The number of aryl methyl sites for hydroxylation is 1. The van der Waals surface area contributed by atoms with Gasteiger partial charge in [-0.05, 0) is 55.3 Å². The summed E-state index contributed by atoms with van der Waals surface area (Å²) in [5, 5.41) is 4.00. The topological polar surface area (TPSA) is 62.0 Å². The molecule has 0 radical (unpaired) electrons. The molecule has 1 fully saturated rings. The normalized spacial score (nSPS) is 14.4. The number of carbonyl (C=O) groups is 1. The van der Waals surface area contributed by atoms with Gasteiger partial charge in [-0.2, -0.15) is 0 Å². The van der Waals surface area contributed by atoms with Crippen molar-refractivity contribution in [3.8, 4) is 0 Å². The van der Waals surface area contributed by atoms with E-state index in [1.165, 1.54) is 5.56 Å². The minimum Gasteiger partial charge on any atom is -0.356 e. The number of hydrogen-bond donors (Lipinski definition) is 2. The summed E-state index contributed by atoms with van der Waals surface area (Å²) in [5.41, 5.74) is 2.70. The monoisotopic (exact) mass is 270 g/mol. The first-order chi connectivity index (χ1) is 9.63. The maximum atomic E-state index is 11.5. The van der Waals surface area contributed by atoms with Crippen LogP contribution in [0.2, 0.25) is 0 Å². The molecule has 1 saturated carbocycles. The van der Waals surface area contributed by atoms with Crippen LogP contribution in [0.1, 0.15) is 24.0 Å². The zero-order valence-corrected chi connectivity index (χ0v) is 11.5. The molecule has 0 bridgehead atoms. The summed E-state index contributed by atoms with van der Waals surface area (Å²) in [6.07, 6.45) is 2.88. The van der Waals surface area contributed by atoms with Crippen LogP contribution in [0, 0.1) is 12.8 Å². The number of rotatable bonds is 4. The molecule has 0 unspecified atom stereocenters. The van der Waals surface area contributed by atoms with E-state index >= 15 is 0 Å². The molecule has 2 N–H and O–H groups in total. The van der Waals surface area contributed by atoms with Crippen molar-refractivity contribution in [3.63, 3.8) is 0 Å². The van der Waals surface area contributed by atoms with Crippen molar-refractivity contribution in [3.05, 3.63) is 45.7 Å². The van der Waals surface area contributed by atoms with Crippen molar-refractivity contribution in [2.45, 2.75) is 26.2 Å². The lowest BCUT2D eigenvalue weighted by Gasteiger charge is -2.06. The van der Waals surface area contributed by atoms with Gasteiger partial charge in [-0.25, -0.2) is 0 Å². The fourth-order valence-corrected chi connectivity index (χ4v) is 2.34. The molecule has 20 heavy (non-hydrogen) atoms. The number of fused-ring (bicyclic) bond motifs is 1. The van der Waals surface area contributed by atoms with Gasteiger partial charge in [0.15, 0.2) is 0 Å². The number of benzene rings is 1. The average Bonchev–Trinajstić information content (AvgIpc) is 3.24. The van der Waals surface area contributed by atoms with Crippen LogP contribution in [0.5, 0.6) is 0 Å². The molecule has 104 valence electrons. The van der Waals surface area contributed by atoms with Gasteiger partial charge < -0.3 is 10.3 Å². The van der Waals surface area contributed by atoms with Crippen LogP contribution in [0.3, 0.4) is 0 Å². The van der Waals surface area contributed by atoms with Crippen molar-refractivity contribution in [1.82, 2.24) is 10.3 Å². The van der Waals surface area contributed by atoms with Crippen molar-refractivity contribution < 1.29 is 4.79 Å². The molecule has 1 amide bonds. The molecule has 1 heterocycles. The van der Waals surface area contributed by atoms with Crippen LogP contribution in [0.25, 0.3) is 10.9 Å². The molecule has 0 aliphatic heterocycles. The number of H-pyrrole nitrogens is 1. The molecule has 1 aliphatic carbocycles. The molecule has 2 aromatic rings. The highest BCUT2D eigenvalue weighted by atomic mass is 16.2. The highest BCUT2D eigenvalue weighted by molar-refractivity contribution is 5.81. The second-order valence-corrected chi connectivity index (χ2v) is 5.52. The second-order valence-electron chi connectivity index (χ2n) is 5.52. The zero-order valence-electron chi connectivity index (χ0n) is 11.5. The Morgan fingerprint density at radius 2 is 2.15 bits per heavy atom. The maximum Gasteiger partial charge on any atom is 0.251 e. The number of nitrogens with one attached hydrogen (secondary N) is 2. The van der Waals surface area contributed by atoms with Gasteiger partial charge in [0.1, 0.15) is 0 Å². The van der Waals surface area contributed by atoms with Crippen LogP contribution in [-0.2, 0) is 11.2 Å². The quantitative estimate of drug-likeness (QED) is 0.891. The Labute approximate surface area is 117 Å². The summed E-state index contributed by atoms with van der Waals surface area (Å²) in [6, 6.07) is 7.90. The van der Waals surface area contributed by atoms with Gasteiger partial charge >= 0.3 is 0 Å². The van der Waals surface area contributed by atoms with E-state index in [-0.39, 0.29) is 17.4 Å². The number of amides is 1. The van der Waals surface area contributed by atoms with Crippen LogP contribution in [0.4, 0.5) is 0 Å². The summed E-state index contributed by atoms with van der Waals surface area (Å²) in [4.78, 5) is 25.9. The van der Waals surface area contributed by atoms with Crippen LogP contribution < -0.4 is 10.9 Å². The van der Waals surface area contributed by atoms with E-state index in [0.29, 0.717) is 6.54 Å². The van der Waals surface area contributed by atoms with Gasteiger partial charge in [0.25, 0.3) is 5.56 Å². The van der Waals surface area contributed by atoms with Gasteiger partial charge in [0.05, 0.1) is 0 Å². The van der Waals surface area contributed by atoms with Crippen LogP contribution in [-0.4, -0.2) is 17.4 Å². The maximum absolute atomic E-state index is 11.5. The number of aromatic amines is 1. The standard InChI is InChI=1S/C16H18N2O2/c1-10-8-13-9-11(2-5-14(13)18-15(10)19)6-7-17-16(20)12-3-4-12/h2,5,8-9,12H,3-4,6-7H2,1H3,(H,17,20)(H,18,19). The first-order valence-electron chi connectivity index (χ1n) is 7.04. The third-order valence-corrected chi connectivity index (χ3v) is 3.76. The molecule has 4 heteroatoms. The fourth-order valence-electron chi connectivity index (χ4n) is 2.34. The smallest absolute Gasteiger partial charge is 0.251 e. The van der Waals surface area contributed by atoms with Crippen LogP contribution in [0.15, 0.2) is 29.1 Å². The van der Waals surface area contributed by atoms with Crippen molar-refractivity contribution in [2.24, 2.45) is 5.92 Å². The van der Waals surface area contributed by atoms with Crippen molar-refractivity contribution in [1.29, 1.82) is 0 Å². The Bertz CT molecular complexity index is 714. The van der Waals surface area contributed by atoms with Gasteiger partial charge in [-0.15, -0.1) is 0 Å². The average molecular weight is 270 g/mol. The molecule has 4 nitrogen and oxygen atoms in total. The Morgan fingerprint density at radius 1 is 1.35 bits per heavy atom. The van der Waals surface area contributed by atoms with E-state index in [2.05, 4.69) is 16.4 Å². The SMILES string of the molecule is Cc1cc2cc(CCNC(=O)C3CC3)ccc2[nH]c1=O. The minimum atomic E-state index is -0.0399. The molecule has 1 aliphatic rings. The van der Waals surface area contributed by atoms with Crippen molar-refractivity contribution >= 4 is 16.8 Å². The Hall–Kier alpha value is -2.10. The largest absolute Gasteiger partial charge is 0.356 e. The molecular formula is C16H18N2O2. The molecule has 0 saturated heterocycles. The molecular weight excluding hydrogens is 252 g/mol. The number of hydrogen-bond acceptors (Lipinski definition) is 2. The molecule has 0 spiro atoms. The third kappa shape index (κ3) is 2.74. The van der Waals surface area contributed by atoms with Crippen LogP contribution >= 0.6 is 0 Å². The molecule has 3 rings (SSSR count). The number of pyridine rings is 1. The van der Waals surface area contributed by atoms with E-state index in [1.807, 2.05) is 18.2 Å². The first kappa shape index (κ1) is 12.9. The number of aromatic nitrogens is 1. The fraction of sp³-hybridized carbons (Fsp3) is 0.375. The summed E-state index contributed by atoms with van der Waals surface area (Å²) < 4.78 is 0. The highest BCUT2D eigenvalue weighted by Crippen LogP contribution is 2.28. The minimum absolute atomic E-state index is 0.0399. The molecule has 1 aromatic heterocycles. The Morgan fingerprint density at radius 3 is 2.90 bits per heavy atom. The van der Waals surface area contributed by atoms with Gasteiger partial charge in [0, 0.05) is 23.5 Å². The number of carbonyl (C=O) groups excluding carboxylic acids is 1. The van der Waals surface area contributed by atoms with E-state index < -0.39 is 0 Å². The van der Waals surface area contributed by atoms with Gasteiger partial charge in [0.2, 0.25) is 5.91 Å². The van der Waals surface area contributed by atoms with E-state index in [0.717, 1.165) is 35.7 Å². The van der Waals surface area contributed by atoms with E-state index in [4.69, 9.17) is 0 Å². The Kier molecular flexibility index (Phi) is 3.30. The zero-order chi connectivity index (χ0) is 14.1. The summed E-state index contributed by atoms with van der Waals surface area (Å²) in [7, 11) is 0. The lowest BCUT2D eigenvalue weighted by atomic mass is 10.1. The van der Waals surface area contributed by atoms with Gasteiger partial charge in [-0.1, -0.05) is 6.07 Å². The third-order valence-electron chi connectivity index (χ3n) is 3.76. The summed E-state index contributed by atoms with van der Waals surface area (Å²) >= 11 is 0. The van der Waals surface area contributed by atoms with Gasteiger partial charge in [-0.3, -0.25) is 9.59 Å². The molecule has 1 aromatic carbocycles. The summed E-state index contributed by atoms with van der Waals surface area (Å²) in [6.45, 7) is 2.48. The highest BCUT2D eigenvalue weighted by Gasteiger charge is 2.28. The van der Waals surface area contributed by atoms with Crippen molar-refractivity contribution in [2.75, 3.05) is 6.54 Å². The predicted molar refractivity (Wildman–Crippen MR) is 78.7 cm³/mol. The lowest BCUT2D eigenvalue weighted by Crippen LogP contribution is -2.26. The van der Waals surface area contributed by atoms with E-state index in [1.54, 1.807) is 6.92 Å². The summed E-state index contributed by atoms with van der Waals surface area (Å²) in [5.74, 6) is 0.449. The van der Waals surface area contributed by atoms with E-state index in [9.17, 15) is 9.59 Å². The molecule has 0 atom stereocenters.